The zero-order valence-electron chi connectivity index (χ0n) is 14.5. The molecule has 136 valence electrons. The number of hydrogen-bond acceptors (Lipinski definition) is 4. The predicted molar refractivity (Wildman–Crippen MR) is 103 cm³/mol. The molecule has 2 amide bonds. The van der Waals surface area contributed by atoms with E-state index in [0.29, 0.717) is 29.4 Å². The summed E-state index contributed by atoms with van der Waals surface area (Å²) < 4.78 is 11.5. The van der Waals surface area contributed by atoms with Gasteiger partial charge in [-0.1, -0.05) is 15.9 Å². The minimum atomic E-state index is -0.419. The summed E-state index contributed by atoms with van der Waals surface area (Å²) >= 11 is 3.36. The second-order valence-corrected chi connectivity index (χ2v) is 6.85. The molecule has 2 aromatic rings. The number of halogens is 1. The van der Waals surface area contributed by atoms with Crippen molar-refractivity contribution in [2.24, 2.45) is 5.92 Å². The highest BCUT2D eigenvalue weighted by Gasteiger charge is 2.36. The molecule has 0 aromatic heterocycles. The van der Waals surface area contributed by atoms with Gasteiger partial charge >= 0.3 is 0 Å². The molecule has 1 saturated heterocycles. The molecular weight excluding hydrogens is 400 g/mol. The lowest BCUT2D eigenvalue weighted by Gasteiger charge is -2.20. The SMILES string of the molecule is COc1ccc(N2C[C@H](C(=O)Nc3ccc(Br)cc3)CC2=O)c(OC)c1. The Balaban J connectivity index is 1.74. The van der Waals surface area contributed by atoms with E-state index in [-0.39, 0.29) is 18.2 Å². The van der Waals surface area contributed by atoms with E-state index < -0.39 is 5.92 Å². The average Bonchev–Trinajstić information content (AvgIpc) is 3.04. The number of hydrogen-bond donors (Lipinski definition) is 1. The van der Waals surface area contributed by atoms with E-state index in [1.54, 1.807) is 30.2 Å². The molecule has 1 aliphatic rings. The smallest absolute Gasteiger partial charge is 0.229 e. The van der Waals surface area contributed by atoms with Gasteiger partial charge in [0, 0.05) is 29.2 Å². The number of benzene rings is 2. The van der Waals surface area contributed by atoms with E-state index in [0.717, 1.165) is 4.47 Å². The lowest BCUT2D eigenvalue weighted by molar-refractivity contribution is -0.122. The van der Waals surface area contributed by atoms with Crippen molar-refractivity contribution < 1.29 is 19.1 Å². The summed E-state index contributed by atoms with van der Waals surface area (Å²) in [4.78, 5) is 26.6. The fraction of sp³-hybridized carbons (Fsp3) is 0.263. The second kappa shape index (κ2) is 7.78. The molecule has 26 heavy (non-hydrogen) atoms. The van der Waals surface area contributed by atoms with Crippen LogP contribution in [0.4, 0.5) is 11.4 Å². The highest BCUT2D eigenvalue weighted by atomic mass is 79.9. The van der Waals surface area contributed by atoms with Crippen LogP contribution >= 0.6 is 15.9 Å². The van der Waals surface area contributed by atoms with Crippen LogP contribution in [0.2, 0.25) is 0 Å². The summed E-state index contributed by atoms with van der Waals surface area (Å²) in [7, 11) is 3.11. The topological polar surface area (TPSA) is 67.9 Å². The first-order valence-electron chi connectivity index (χ1n) is 8.10. The Kier molecular flexibility index (Phi) is 5.46. The van der Waals surface area contributed by atoms with Crippen LogP contribution < -0.4 is 19.7 Å². The van der Waals surface area contributed by atoms with E-state index in [1.807, 2.05) is 24.3 Å². The van der Waals surface area contributed by atoms with Gasteiger partial charge in [-0.2, -0.15) is 0 Å². The third kappa shape index (κ3) is 3.83. The number of rotatable bonds is 5. The maximum Gasteiger partial charge on any atom is 0.229 e. The van der Waals surface area contributed by atoms with Crippen molar-refractivity contribution >= 4 is 39.1 Å². The van der Waals surface area contributed by atoms with Gasteiger partial charge in [0.1, 0.15) is 11.5 Å². The minimum Gasteiger partial charge on any atom is -0.497 e. The Bertz CT molecular complexity index is 823. The molecule has 0 unspecified atom stereocenters. The molecule has 0 bridgehead atoms. The standard InChI is InChI=1S/C19H19BrN2O4/c1-25-15-7-8-16(17(10-15)26-2)22-11-12(9-18(22)23)19(24)21-14-5-3-13(20)4-6-14/h3-8,10,12H,9,11H2,1-2H3,(H,21,24)/t12-/m1/s1. The van der Waals surface area contributed by atoms with Crippen molar-refractivity contribution in [2.45, 2.75) is 6.42 Å². The summed E-state index contributed by atoms with van der Waals surface area (Å²) in [6.45, 7) is 0.309. The third-order valence-electron chi connectivity index (χ3n) is 4.29. The third-order valence-corrected chi connectivity index (χ3v) is 4.81. The summed E-state index contributed by atoms with van der Waals surface area (Å²) in [6.07, 6.45) is 0.164. The van der Waals surface area contributed by atoms with Gasteiger partial charge in [-0.05, 0) is 36.4 Å². The number of methoxy groups -OCH3 is 2. The summed E-state index contributed by atoms with van der Waals surface area (Å²) in [6, 6.07) is 12.6. The van der Waals surface area contributed by atoms with Crippen molar-refractivity contribution in [3.8, 4) is 11.5 Å². The fourth-order valence-electron chi connectivity index (χ4n) is 2.90. The van der Waals surface area contributed by atoms with Crippen LogP contribution in [-0.4, -0.2) is 32.6 Å². The molecule has 1 heterocycles. The first kappa shape index (κ1) is 18.3. The molecule has 0 saturated carbocycles. The summed E-state index contributed by atoms with van der Waals surface area (Å²) in [5.41, 5.74) is 1.34. The molecule has 1 N–H and O–H groups in total. The number of nitrogens with one attached hydrogen (secondary N) is 1. The largest absolute Gasteiger partial charge is 0.497 e. The Morgan fingerprint density at radius 1 is 1.15 bits per heavy atom. The van der Waals surface area contributed by atoms with E-state index >= 15 is 0 Å². The molecule has 2 aromatic carbocycles. The van der Waals surface area contributed by atoms with E-state index in [4.69, 9.17) is 9.47 Å². The van der Waals surface area contributed by atoms with Gasteiger partial charge < -0.3 is 19.7 Å². The van der Waals surface area contributed by atoms with Gasteiger partial charge in [-0.15, -0.1) is 0 Å². The van der Waals surface area contributed by atoms with Gasteiger partial charge in [0.25, 0.3) is 0 Å². The molecule has 3 rings (SSSR count). The van der Waals surface area contributed by atoms with Crippen LogP contribution in [-0.2, 0) is 9.59 Å². The van der Waals surface area contributed by atoms with Crippen LogP contribution in [0.5, 0.6) is 11.5 Å². The maximum absolute atomic E-state index is 12.5. The van der Waals surface area contributed by atoms with Gasteiger partial charge in [0.15, 0.2) is 0 Å². The maximum atomic E-state index is 12.5. The van der Waals surface area contributed by atoms with E-state index in [1.165, 1.54) is 7.11 Å². The molecule has 0 aliphatic carbocycles. The first-order chi connectivity index (χ1) is 12.5. The molecule has 0 radical (unpaired) electrons. The highest BCUT2D eigenvalue weighted by Crippen LogP contribution is 2.36. The first-order valence-corrected chi connectivity index (χ1v) is 8.90. The van der Waals surface area contributed by atoms with Crippen molar-refractivity contribution in [2.75, 3.05) is 31.0 Å². The molecule has 1 fully saturated rings. The zero-order chi connectivity index (χ0) is 18.7. The minimum absolute atomic E-state index is 0.107. The number of anilines is 2. The summed E-state index contributed by atoms with van der Waals surface area (Å²) in [5, 5.41) is 2.86. The van der Waals surface area contributed by atoms with Crippen LogP contribution in [0.15, 0.2) is 46.9 Å². The Morgan fingerprint density at radius 2 is 1.88 bits per heavy atom. The van der Waals surface area contributed by atoms with Crippen molar-refractivity contribution in [3.63, 3.8) is 0 Å². The average molecular weight is 419 g/mol. The van der Waals surface area contributed by atoms with Crippen molar-refractivity contribution in [1.29, 1.82) is 0 Å². The molecule has 1 atom stereocenters. The lowest BCUT2D eigenvalue weighted by atomic mass is 10.1. The van der Waals surface area contributed by atoms with E-state index in [9.17, 15) is 9.59 Å². The molecule has 1 aliphatic heterocycles. The predicted octanol–water partition coefficient (Wildman–Crippen LogP) is 3.46. The quantitative estimate of drug-likeness (QED) is 0.806. The highest BCUT2D eigenvalue weighted by molar-refractivity contribution is 9.10. The monoisotopic (exact) mass is 418 g/mol. The number of carbonyl (C=O) groups excluding carboxylic acids is 2. The number of amides is 2. The lowest BCUT2D eigenvalue weighted by Crippen LogP contribution is -2.28. The number of nitrogens with zero attached hydrogens (tertiary/aromatic N) is 1. The van der Waals surface area contributed by atoms with Gasteiger partial charge in [-0.25, -0.2) is 0 Å². The Hall–Kier alpha value is -2.54. The van der Waals surface area contributed by atoms with E-state index in [2.05, 4.69) is 21.2 Å². The molecular formula is C19H19BrN2O4. The Morgan fingerprint density at radius 3 is 2.54 bits per heavy atom. The Labute approximate surface area is 160 Å². The van der Waals surface area contributed by atoms with Crippen LogP contribution in [0.25, 0.3) is 0 Å². The number of ether oxygens (including phenoxy) is 2. The number of carbonyl (C=O) groups is 2. The van der Waals surface area contributed by atoms with Gasteiger partial charge in [0.05, 0.1) is 25.8 Å². The van der Waals surface area contributed by atoms with Gasteiger partial charge in [-0.3, -0.25) is 9.59 Å². The van der Waals surface area contributed by atoms with Crippen LogP contribution in [0.1, 0.15) is 6.42 Å². The summed E-state index contributed by atoms with van der Waals surface area (Å²) in [5.74, 6) is 0.478. The normalized spacial score (nSPS) is 16.5. The van der Waals surface area contributed by atoms with Crippen molar-refractivity contribution in [1.82, 2.24) is 0 Å². The fourth-order valence-corrected chi connectivity index (χ4v) is 3.17. The van der Waals surface area contributed by atoms with Gasteiger partial charge in [0.2, 0.25) is 11.8 Å². The molecule has 6 nitrogen and oxygen atoms in total. The second-order valence-electron chi connectivity index (χ2n) is 5.94. The zero-order valence-corrected chi connectivity index (χ0v) is 16.1. The van der Waals surface area contributed by atoms with Crippen molar-refractivity contribution in [3.05, 3.63) is 46.9 Å². The van der Waals surface area contributed by atoms with Crippen LogP contribution in [0, 0.1) is 5.92 Å². The molecule has 0 spiro atoms. The van der Waals surface area contributed by atoms with Crippen LogP contribution in [0.3, 0.4) is 0 Å². The molecule has 7 heteroatoms.